The summed E-state index contributed by atoms with van der Waals surface area (Å²) in [6.07, 6.45) is 4.00. The van der Waals surface area contributed by atoms with Crippen LogP contribution in [0.25, 0.3) is 0 Å². The summed E-state index contributed by atoms with van der Waals surface area (Å²) >= 11 is 14.3. The van der Waals surface area contributed by atoms with Crippen LogP contribution in [0.2, 0.25) is 0 Å². The molecular formula is C23H27Cl2FO5. The van der Waals surface area contributed by atoms with E-state index < -0.39 is 57.1 Å². The molecule has 0 bridgehead atoms. The number of aliphatic hydroxyl groups is 1. The zero-order valence-corrected chi connectivity index (χ0v) is 19.3. The Labute approximate surface area is 191 Å². The Bertz CT molecular complexity index is 918. The molecule has 0 heterocycles. The van der Waals surface area contributed by atoms with Gasteiger partial charge < -0.3 is 9.84 Å². The van der Waals surface area contributed by atoms with Gasteiger partial charge in [0, 0.05) is 17.8 Å². The Hall–Kier alpha value is -1.24. The van der Waals surface area contributed by atoms with Crippen molar-refractivity contribution in [3.63, 3.8) is 0 Å². The fourth-order valence-corrected chi connectivity index (χ4v) is 8.09. The second-order valence-electron chi connectivity index (χ2n) is 9.91. The molecule has 0 radical (unpaired) electrons. The van der Waals surface area contributed by atoms with Gasteiger partial charge >= 0.3 is 5.97 Å². The Morgan fingerprint density at radius 3 is 2.65 bits per heavy atom. The van der Waals surface area contributed by atoms with Crippen molar-refractivity contribution >= 4 is 40.7 Å². The van der Waals surface area contributed by atoms with Crippen LogP contribution in [0.4, 0.5) is 4.39 Å². The number of carbonyl (C=O) groups is 3. The summed E-state index contributed by atoms with van der Waals surface area (Å²) in [4.78, 5) is 35.0. The molecule has 3 fully saturated rings. The Morgan fingerprint density at radius 2 is 2.00 bits per heavy atom. The lowest BCUT2D eigenvalue weighted by Crippen LogP contribution is -2.68. The average Bonchev–Trinajstić information content (AvgIpc) is 2.96. The standard InChI is InChI=1S/C23H27Cl2FO5/c1-12(27)31-11-19(29)22(30)7-5-14-15-9-17(26)16-8-13(28)4-6-20(16,2)23(15,25)18(24)10-21(14,22)3/h4,6,8,14-15,17-18,30H,5,7,9-11H2,1-3H3/t14-,15-,17-,18-,20-,21-,22-,23-/m0/s1. The van der Waals surface area contributed by atoms with Crippen LogP contribution in [0.3, 0.4) is 0 Å². The molecule has 4 aliphatic carbocycles. The molecule has 4 rings (SSSR count). The lowest BCUT2D eigenvalue weighted by molar-refractivity contribution is -0.167. The number of hydrogen-bond donors (Lipinski definition) is 1. The van der Waals surface area contributed by atoms with Crippen LogP contribution in [0, 0.1) is 22.7 Å². The van der Waals surface area contributed by atoms with Gasteiger partial charge in [-0.2, -0.15) is 0 Å². The zero-order valence-electron chi connectivity index (χ0n) is 17.8. The number of halogens is 3. The number of ether oxygens (including phenoxy) is 1. The first-order chi connectivity index (χ1) is 14.3. The van der Waals surface area contributed by atoms with Crippen molar-refractivity contribution < 1.29 is 28.6 Å². The third-order valence-electron chi connectivity index (χ3n) is 8.61. The molecule has 8 atom stereocenters. The van der Waals surface area contributed by atoms with E-state index in [1.54, 1.807) is 6.08 Å². The van der Waals surface area contributed by atoms with E-state index in [2.05, 4.69) is 0 Å². The second-order valence-corrected chi connectivity index (χ2v) is 11.1. The number of carbonyl (C=O) groups excluding carboxylic acids is 3. The van der Waals surface area contributed by atoms with Crippen molar-refractivity contribution in [2.45, 2.75) is 68.5 Å². The van der Waals surface area contributed by atoms with Crippen LogP contribution >= 0.6 is 23.2 Å². The molecule has 3 saturated carbocycles. The normalized spacial score (nSPS) is 48.4. The quantitative estimate of drug-likeness (QED) is 0.500. The van der Waals surface area contributed by atoms with E-state index in [4.69, 9.17) is 27.9 Å². The molecule has 1 N–H and O–H groups in total. The van der Waals surface area contributed by atoms with Crippen LogP contribution in [0.15, 0.2) is 23.8 Å². The maximum atomic E-state index is 15.4. The number of hydrogen-bond acceptors (Lipinski definition) is 5. The summed E-state index contributed by atoms with van der Waals surface area (Å²) in [6, 6.07) is 0. The van der Waals surface area contributed by atoms with Gasteiger partial charge in [0.25, 0.3) is 0 Å². The lowest BCUT2D eigenvalue weighted by Gasteiger charge is -2.64. The van der Waals surface area contributed by atoms with E-state index >= 15 is 4.39 Å². The van der Waals surface area contributed by atoms with Crippen molar-refractivity contribution in [2.24, 2.45) is 22.7 Å². The van der Waals surface area contributed by atoms with Gasteiger partial charge in [-0.1, -0.05) is 19.9 Å². The molecule has 170 valence electrons. The van der Waals surface area contributed by atoms with Gasteiger partial charge in [0.1, 0.15) is 11.8 Å². The highest BCUT2D eigenvalue weighted by molar-refractivity contribution is 6.34. The molecular weight excluding hydrogens is 446 g/mol. The number of alkyl halides is 3. The molecule has 5 nitrogen and oxygen atoms in total. The van der Waals surface area contributed by atoms with Gasteiger partial charge in [-0.25, -0.2) is 4.39 Å². The summed E-state index contributed by atoms with van der Waals surface area (Å²) in [7, 11) is 0. The molecule has 0 aromatic carbocycles. The van der Waals surface area contributed by atoms with E-state index in [1.807, 2.05) is 13.8 Å². The number of ketones is 2. The summed E-state index contributed by atoms with van der Waals surface area (Å²) in [5, 5.41) is 10.8. The van der Waals surface area contributed by atoms with Gasteiger partial charge in [0.2, 0.25) is 5.78 Å². The molecule has 0 aromatic heterocycles. The summed E-state index contributed by atoms with van der Waals surface area (Å²) < 4.78 is 20.3. The zero-order chi connectivity index (χ0) is 23.0. The van der Waals surface area contributed by atoms with Crippen molar-refractivity contribution in [2.75, 3.05) is 6.61 Å². The first-order valence-electron chi connectivity index (χ1n) is 10.6. The summed E-state index contributed by atoms with van der Waals surface area (Å²) in [5.74, 6) is -2.11. The third kappa shape index (κ3) is 2.87. The fourth-order valence-electron chi connectivity index (χ4n) is 6.89. The SMILES string of the molecule is CC(=O)OCC(=O)[C@@]1(O)CC[C@H]2[C@@H]3C[C@H](F)C4=CC(=O)C=C[C@]4(C)[C@@]3(Cl)[C@@H](Cl)C[C@@]21C. The summed E-state index contributed by atoms with van der Waals surface area (Å²) in [6.45, 7) is 4.31. The minimum atomic E-state index is -1.74. The van der Waals surface area contributed by atoms with E-state index in [0.29, 0.717) is 12.0 Å². The molecule has 8 heteroatoms. The summed E-state index contributed by atoms with van der Waals surface area (Å²) in [5.41, 5.74) is -3.29. The second kappa shape index (κ2) is 7.13. The van der Waals surface area contributed by atoms with Gasteiger partial charge in [0.05, 0.1) is 10.3 Å². The lowest BCUT2D eigenvalue weighted by atomic mass is 9.46. The minimum absolute atomic E-state index is 0.0732. The Morgan fingerprint density at radius 1 is 1.32 bits per heavy atom. The van der Waals surface area contributed by atoms with Crippen LogP contribution in [0.5, 0.6) is 0 Å². The van der Waals surface area contributed by atoms with Gasteiger partial charge in [-0.15, -0.1) is 23.2 Å². The minimum Gasteiger partial charge on any atom is -0.458 e. The molecule has 31 heavy (non-hydrogen) atoms. The van der Waals surface area contributed by atoms with Gasteiger partial charge in [-0.05, 0) is 55.2 Å². The maximum absolute atomic E-state index is 15.4. The van der Waals surface area contributed by atoms with Crippen molar-refractivity contribution in [3.8, 4) is 0 Å². The topological polar surface area (TPSA) is 80.7 Å². The molecule has 0 aliphatic heterocycles. The molecule has 4 aliphatic rings. The predicted molar refractivity (Wildman–Crippen MR) is 114 cm³/mol. The molecule has 0 aromatic rings. The fraction of sp³-hybridized carbons (Fsp3) is 0.696. The van der Waals surface area contributed by atoms with E-state index in [1.165, 1.54) is 19.1 Å². The number of fused-ring (bicyclic) bond motifs is 5. The van der Waals surface area contributed by atoms with Crippen LogP contribution in [0.1, 0.15) is 46.5 Å². The average molecular weight is 473 g/mol. The molecule has 0 amide bonds. The highest BCUT2D eigenvalue weighted by Gasteiger charge is 2.73. The van der Waals surface area contributed by atoms with Crippen LogP contribution < -0.4 is 0 Å². The van der Waals surface area contributed by atoms with Crippen molar-refractivity contribution in [3.05, 3.63) is 23.8 Å². The van der Waals surface area contributed by atoms with Crippen LogP contribution in [-0.2, 0) is 19.1 Å². The maximum Gasteiger partial charge on any atom is 0.303 e. The smallest absolute Gasteiger partial charge is 0.303 e. The number of esters is 1. The van der Waals surface area contributed by atoms with Gasteiger partial charge in [-0.3, -0.25) is 14.4 Å². The molecule has 0 spiro atoms. The van der Waals surface area contributed by atoms with Gasteiger partial charge in [0.15, 0.2) is 12.4 Å². The number of Topliss-reactive ketones (excluding diaryl/α,β-unsaturated/α-hetero) is 1. The molecule has 0 unspecified atom stereocenters. The highest BCUT2D eigenvalue weighted by Crippen LogP contribution is 2.71. The first-order valence-corrected chi connectivity index (χ1v) is 11.4. The number of allylic oxidation sites excluding steroid dienone is 4. The third-order valence-corrected chi connectivity index (χ3v) is 10.2. The first kappa shape index (κ1) is 22.9. The van der Waals surface area contributed by atoms with Crippen molar-refractivity contribution in [1.29, 1.82) is 0 Å². The number of rotatable bonds is 3. The largest absolute Gasteiger partial charge is 0.458 e. The van der Waals surface area contributed by atoms with Crippen LogP contribution in [-0.4, -0.2) is 51.3 Å². The monoisotopic (exact) mass is 472 g/mol. The highest BCUT2D eigenvalue weighted by atomic mass is 35.5. The van der Waals surface area contributed by atoms with Crippen molar-refractivity contribution in [1.82, 2.24) is 0 Å². The van der Waals surface area contributed by atoms with E-state index in [-0.39, 0.29) is 31.0 Å². The molecule has 0 saturated heterocycles. The predicted octanol–water partition coefficient (Wildman–Crippen LogP) is 3.68. The van der Waals surface area contributed by atoms with E-state index in [9.17, 15) is 19.5 Å². The Kier molecular flexibility index (Phi) is 5.27. The Balaban J connectivity index is 1.75. The van der Waals surface area contributed by atoms with E-state index in [0.717, 1.165) is 0 Å².